The Morgan fingerprint density at radius 2 is 1.78 bits per heavy atom. The zero-order chi connectivity index (χ0) is 13.0. The number of aromatic nitrogens is 2. The summed E-state index contributed by atoms with van der Waals surface area (Å²) in [5.74, 6) is 1.35. The molecule has 1 aromatic heterocycles. The molecule has 2 rings (SSSR count). The largest absolute Gasteiger partial charge is 0.493 e. The quantitative estimate of drug-likeness (QED) is 0.886. The van der Waals surface area contributed by atoms with Crippen LogP contribution in [0.1, 0.15) is 5.69 Å². The summed E-state index contributed by atoms with van der Waals surface area (Å²) in [6.45, 7) is 0.388. The summed E-state index contributed by atoms with van der Waals surface area (Å²) < 4.78 is 10.4. The zero-order valence-electron chi connectivity index (χ0n) is 10.4. The van der Waals surface area contributed by atoms with Crippen molar-refractivity contribution in [2.45, 2.75) is 6.54 Å². The van der Waals surface area contributed by atoms with Crippen molar-refractivity contribution in [1.29, 1.82) is 0 Å². The summed E-state index contributed by atoms with van der Waals surface area (Å²) in [5, 5.41) is 8.15. The highest BCUT2D eigenvalue weighted by Crippen LogP contribution is 2.31. The van der Waals surface area contributed by atoms with Gasteiger partial charge in [0, 0.05) is 12.1 Å². The van der Waals surface area contributed by atoms with Gasteiger partial charge in [0.2, 0.25) is 0 Å². The van der Waals surface area contributed by atoms with Crippen LogP contribution in [0.5, 0.6) is 11.5 Å². The molecule has 0 spiro atoms. The van der Waals surface area contributed by atoms with Gasteiger partial charge in [-0.15, -0.1) is 0 Å². The van der Waals surface area contributed by atoms with Crippen LogP contribution in [0.15, 0.2) is 30.3 Å². The average Bonchev–Trinajstić information content (AvgIpc) is 2.46. The molecule has 0 atom stereocenters. The van der Waals surface area contributed by atoms with E-state index < -0.39 is 0 Å². The van der Waals surface area contributed by atoms with Gasteiger partial charge >= 0.3 is 0 Å². The van der Waals surface area contributed by atoms with E-state index in [-0.39, 0.29) is 0 Å². The second kappa shape index (κ2) is 5.46. The molecule has 18 heavy (non-hydrogen) atoms. The van der Waals surface area contributed by atoms with Gasteiger partial charge in [-0.1, -0.05) is 0 Å². The maximum absolute atomic E-state index is 5.48. The van der Waals surface area contributed by atoms with Crippen LogP contribution in [0.25, 0.3) is 11.3 Å². The van der Waals surface area contributed by atoms with Gasteiger partial charge in [0.25, 0.3) is 0 Å². The van der Waals surface area contributed by atoms with Gasteiger partial charge in [-0.25, -0.2) is 0 Å². The van der Waals surface area contributed by atoms with Crippen LogP contribution in [0.2, 0.25) is 0 Å². The molecule has 2 aromatic rings. The van der Waals surface area contributed by atoms with E-state index >= 15 is 0 Å². The Balaban J connectivity index is 2.37. The van der Waals surface area contributed by atoms with Crippen molar-refractivity contribution in [2.24, 2.45) is 5.73 Å². The van der Waals surface area contributed by atoms with Gasteiger partial charge in [-0.3, -0.25) is 0 Å². The summed E-state index contributed by atoms with van der Waals surface area (Å²) >= 11 is 0. The van der Waals surface area contributed by atoms with Gasteiger partial charge in [0.1, 0.15) is 0 Å². The van der Waals surface area contributed by atoms with Crippen LogP contribution in [0.3, 0.4) is 0 Å². The Morgan fingerprint density at radius 3 is 2.33 bits per heavy atom. The molecule has 1 heterocycles. The first kappa shape index (κ1) is 12.3. The lowest BCUT2D eigenvalue weighted by molar-refractivity contribution is 0.355. The lowest BCUT2D eigenvalue weighted by atomic mass is 10.1. The van der Waals surface area contributed by atoms with E-state index in [1.807, 2.05) is 30.3 Å². The molecular formula is C13H15N3O2. The smallest absolute Gasteiger partial charge is 0.161 e. The van der Waals surface area contributed by atoms with Gasteiger partial charge < -0.3 is 15.2 Å². The zero-order valence-corrected chi connectivity index (χ0v) is 10.4. The van der Waals surface area contributed by atoms with Gasteiger partial charge in [-0.2, -0.15) is 10.2 Å². The number of ether oxygens (including phenoxy) is 2. The second-order valence-electron chi connectivity index (χ2n) is 3.68. The Bertz CT molecular complexity index is 526. The van der Waals surface area contributed by atoms with Gasteiger partial charge in [0.05, 0.1) is 25.6 Å². The summed E-state index contributed by atoms with van der Waals surface area (Å²) in [6.07, 6.45) is 0. The normalized spacial score (nSPS) is 10.2. The van der Waals surface area contributed by atoms with Crippen LogP contribution in [0.4, 0.5) is 0 Å². The minimum absolute atomic E-state index is 0.388. The second-order valence-corrected chi connectivity index (χ2v) is 3.68. The molecule has 5 nitrogen and oxygen atoms in total. The van der Waals surface area contributed by atoms with E-state index in [0.717, 1.165) is 17.0 Å². The first-order valence-corrected chi connectivity index (χ1v) is 5.53. The summed E-state index contributed by atoms with van der Waals surface area (Å²) in [4.78, 5) is 0. The first-order chi connectivity index (χ1) is 8.78. The molecule has 5 heteroatoms. The molecule has 0 saturated carbocycles. The Kier molecular flexibility index (Phi) is 3.74. The third kappa shape index (κ3) is 2.41. The fourth-order valence-electron chi connectivity index (χ4n) is 1.62. The summed E-state index contributed by atoms with van der Waals surface area (Å²) in [6, 6.07) is 9.36. The molecule has 0 radical (unpaired) electrons. The van der Waals surface area contributed by atoms with Crippen molar-refractivity contribution in [2.75, 3.05) is 14.2 Å². The third-order valence-electron chi connectivity index (χ3n) is 2.61. The first-order valence-electron chi connectivity index (χ1n) is 5.53. The van der Waals surface area contributed by atoms with E-state index in [4.69, 9.17) is 15.2 Å². The SMILES string of the molecule is COc1ccc(-c2ccc(CN)nn2)cc1OC. The maximum atomic E-state index is 5.48. The molecule has 0 amide bonds. The van der Waals surface area contributed by atoms with Crippen LogP contribution in [-0.4, -0.2) is 24.4 Å². The van der Waals surface area contributed by atoms with Crippen LogP contribution in [-0.2, 0) is 6.54 Å². The fraction of sp³-hybridized carbons (Fsp3) is 0.231. The van der Waals surface area contributed by atoms with Crippen LogP contribution >= 0.6 is 0 Å². The predicted octanol–water partition coefficient (Wildman–Crippen LogP) is 1.62. The number of methoxy groups -OCH3 is 2. The van der Waals surface area contributed by atoms with Gasteiger partial charge in [0.15, 0.2) is 11.5 Å². The van der Waals surface area contributed by atoms with Crippen LogP contribution < -0.4 is 15.2 Å². The number of nitrogens with zero attached hydrogens (tertiary/aromatic N) is 2. The molecule has 0 aliphatic carbocycles. The lowest BCUT2D eigenvalue weighted by Crippen LogP contribution is -2.01. The summed E-state index contributed by atoms with van der Waals surface area (Å²) in [7, 11) is 3.21. The van der Waals surface area contributed by atoms with Crippen molar-refractivity contribution in [3.05, 3.63) is 36.0 Å². The Hall–Kier alpha value is -2.14. The number of nitrogens with two attached hydrogens (primary N) is 1. The maximum Gasteiger partial charge on any atom is 0.161 e. The number of rotatable bonds is 4. The highest BCUT2D eigenvalue weighted by Gasteiger charge is 2.07. The predicted molar refractivity (Wildman–Crippen MR) is 68.5 cm³/mol. The fourth-order valence-corrected chi connectivity index (χ4v) is 1.62. The Morgan fingerprint density at radius 1 is 1.00 bits per heavy atom. The number of hydrogen-bond acceptors (Lipinski definition) is 5. The molecule has 1 aromatic carbocycles. The minimum atomic E-state index is 0.388. The lowest BCUT2D eigenvalue weighted by Gasteiger charge is -2.09. The molecule has 0 fully saturated rings. The highest BCUT2D eigenvalue weighted by atomic mass is 16.5. The summed E-state index contributed by atoms with van der Waals surface area (Å²) in [5.41, 5.74) is 7.94. The van der Waals surface area contributed by atoms with E-state index in [2.05, 4.69) is 10.2 Å². The standard InChI is InChI=1S/C13H15N3O2/c1-17-12-6-3-9(7-13(12)18-2)11-5-4-10(8-14)15-16-11/h3-7H,8,14H2,1-2H3. The van der Waals surface area contributed by atoms with E-state index in [1.165, 1.54) is 0 Å². The molecule has 0 unspecified atom stereocenters. The number of hydrogen-bond donors (Lipinski definition) is 1. The average molecular weight is 245 g/mol. The van der Waals surface area contributed by atoms with Gasteiger partial charge in [-0.05, 0) is 30.3 Å². The molecular weight excluding hydrogens is 230 g/mol. The van der Waals surface area contributed by atoms with Crippen molar-refractivity contribution < 1.29 is 9.47 Å². The molecule has 0 saturated heterocycles. The molecule has 94 valence electrons. The molecule has 2 N–H and O–H groups in total. The molecule has 0 bridgehead atoms. The third-order valence-corrected chi connectivity index (χ3v) is 2.61. The van der Waals surface area contributed by atoms with Crippen molar-refractivity contribution in [1.82, 2.24) is 10.2 Å². The van der Waals surface area contributed by atoms with Crippen molar-refractivity contribution in [3.8, 4) is 22.8 Å². The topological polar surface area (TPSA) is 70.3 Å². The Labute approximate surface area is 106 Å². The highest BCUT2D eigenvalue weighted by molar-refractivity contribution is 5.63. The molecule has 0 aliphatic heterocycles. The van der Waals surface area contributed by atoms with Crippen LogP contribution in [0, 0.1) is 0 Å². The monoisotopic (exact) mass is 245 g/mol. The van der Waals surface area contributed by atoms with Crippen molar-refractivity contribution in [3.63, 3.8) is 0 Å². The van der Waals surface area contributed by atoms with E-state index in [0.29, 0.717) is 18.0 Å². The number of benzene rings is 1. The van der Waals surface area contributed by atoms with E-state index in [9.17, 15) is 0 Å². The minimum Gasteiger partial charge on any atom is -0.493 e. The van der Waals surface area contributed by atoms with Crippen molar-refractivity contribution >= 4 is 0 Å². The molecule has 0 aliphatic rings. The van der Waals surface area contributed by atoms with E-state index in [1.54, 1.807) is 14.2 Å².